The monoisotopic (exact) mass is 271 g/mol. The van der Waals surface area contributed by atoms with E-state index in [9.17, 15) is 13.2 Å². The first-order valence-corrected chi connectivity index (χ1v) is 5.52. The summed E-state index contributed by atoms with van der Waals surface area (Å²) in [6.07, 6.45) is 0. The van der Waals surface area contributed by atoms with Gasteiger partial charge in [-0.05, 0) is 23.8 Å². The summed E-state index contributed by atoms with van der Waals surface area (Å²) < 4.78 is 39.5. The van der Waals surface area contributed by atoms with Crippen LogP contribution in [-0.2, 0) is 0 Å². The molecule has 0 saturated heterocycles. The quantitative estimate of drug-likeness (QED) is 0.826. The Morgan fingerprint density at radius 2 is 1.61 bits per heavy atom. The van der Waals surface area contributed by atoms with E-state index in [0.717, 1.165) is 6.07 Å². The highest BCUT2D eigenvalue weighted by Crippen LogP contribution is 2.25. The molecule has 5 heteroatoms. The summed E-state index contributed by atoms with van der Waals surface area (Å²) >= 11 is 5.79. The van der Waals surface area contributed by atoms with Crippen LogP contribution in [0.15, 0.2) is 36.4 Å². The van der Waals surface area contributed by atoms with E-state index in [4.69, 9.17) is 17.3 Å². The summed E-state index contributed by atoms with van der Waals surface area (Å²) in [5.74, 6) is -3.26. The molecule has 1 atom stereocenters. The smallest absolute Gasteiger partial charge is 0.161 e. The molecule has 0 aliphatic heterocycles. The molecule has 0 spiro atoms. The third-order valence-corrected chi connectivity index (χ3v) is 2.82. The molecule has 2 rings (SSSR count). The summed E-state index contributed by atoms with van der Waals surface area (Å²) in [5, 5.41) is 0.436. The molecule has 0 heterocycles. The van der Waals surface area contributed by atoms with Gasteiger partial charge in [0.15, 0.2) is 11.6 Å². The lowest BCUT2D eigenvalue weighted by atomic mass is 9.99. The highest BCUT2D eigenvalue weighted by Gasteiger charge is 2.17. The van der Waals surface area contributed by atoms with Crippen molar-refractivity contribution in [1.29, 1.82) is 0 Å². The summed E-state index contributed by atoms with van der Waals surface area (Å²) in [5.41, 5.74) is 6.22. The van der Waals surface area contributed by atoms with Gasteiger partial charge in [-0.25, -0.2) is 13.2 Å². The molecule has 0 saturated carbocycles. The van der Waals surface area contributed by atoms with E-state index in [1.807, 2.05) is 0 Å². The molecule has 0 amide bonds. The number of nitrogens with two attached hydrogens (primary N) is 1. The number of hydrogen-bond acceptors (Lipinski definition) is 1. The average molecular weight is 272 g/mol. The van der Waals surface area contributed by atoms with Crippen LogP contribution in [-0.4, -0.2) is 0 Å². The fourth-order valence-electron chi connectivity index (χ4n) is 1.66. The molecule has 2 N–H and O–H groups in total. The predicted octanol–water partition coefficient (Wildman–Crippen LogP) is 3.81. The van der Waals surface area contributed by atoms with E-state index in [0.29, 0.717) is 16.7 Å². The van der Waals surface area contributed by atoms with Crippen LogP contribution < -0.4 is 5.73 Å². The minimum absolute atomic E-state index is 0.115. The molecule has 1 unspecified atom stereocenters. The Bertz CT molecular complexity index is 586. The summed E-state index contributed by atoms with van der Waals surface area (Å²) in [6.45, 7) is 0. The molecule has 0 aliphatic rings. The minimum Gasteiger partial charge on any atom is -0.320 e. The van der Waals surface area contributed by atoms with E-state index >= 15 is 0 Å². The number of benzene rings is 2. The Kier molecular flexibility index (Phi) is 3.59. The number of halogens is 4. The Morgan fingerprint density at radius 1 is 0.944 bits per heavy atom. The fourth-order valence-corrected chi connectivity index (χ4v) is 1.85. The molecule has 2 aromatic rings. The van der Waals surface area contributed by atoms with Gasteiger partial charge in [-0.15, -0.1) is 0 Å². The van der Waals surface area contributed by atoms with Crippen LogP contribution in [0.3, 0.4) is 0 Å². The molecule has 94 valence electrons. The third-order valence-electron chi connectivity index (χ3n) is 2.58. The van der Waals surface area contributed by atoms with Crippen LogP contribution in [0.1, 0.15) is 17.2 Å². The SMILES string of the molecule is NC(c1cccc(Cl)c1)c1cc(F)c(F)cc1F. The van der Waals surface area contributed by atoms with Gasteiger partial charge >= 0.3 is 0 Å². The molecule has 0 aromatic heterocycles. The zero-order valence-electron chi connectivity index (χ0n) is 9.13. The highest BCUT2D eigenvalue weighted by atomic mass is 35.5. The van der Waals surface area contributed by atoms with Crippen LogP contribution in [0, 0.1) is 17.5 Å². The van der Waals surface area contributed by atoms with Gasteiger partial charge in [0.25, 0.3) is 0 Å². The molecular formula is C13H9ClF3N. The van der Waals surface area contributed by atoms with Crippen LogP contribution in [0.5, 0.6) is 0 Å². The lowest BCUT2D eigenvalue weighted by molar-refractivity contribution is 0.487. The molecule has 0 bridgehead atoms. The molecule has 2 aromatic carbocycles. The van der Waals surface area contributed by atoms with Crippen LogP contribution in [0.2, 0.25) is 5.02 Å². The van der Waals surface area contributed by atoms with E-state index in [-0.39, 0.29) is 5.56 Å². The second kappa shape index (κ2) is 5.00. The van der Waals surface area contributed by atoms with Crippen molar-refractivity contribution in [2.45, 2.75) is 6.04 Å². The van der Waals surface area contributed by atoms with Crippen molar-refractivity contribution in [2.24, 2.45) is 5.73 Å². The Labute approximate surface area is 107 Å². The largest absolute Gasteiger partial charge is 0.320 e. The molecule has 0 radical (unpaired) electrons. The van der Waals surface area contributed by atoms with Gasteiger partial charge in [-0.3, -0.25) is 0 Å². The fraction of sp³-hybridized carbons (Fsp3) is 0.0769. The summed E-state index contributed by atoms with van der Waals surface area (Å²) in [4.78, 5) is 0. The molecule has 0 aliphatic carbocycles. The zero-order chi connectivity index (χ0) is 13.3. The first-order chi connectivity index (χ1) is 8.49. The molecular weight excluding hydrogens is 263 g/mol. The van der Waals surface area contributed by atoms with Crippen molar-refractivity contribution in [1.82, 2.24) is 0 Å². The van der Waals surface area contributed by atoms with Crippen molar-refractivity contribution >= 4 is 11.6 Å². The predicted molar refractivity (Wildman–Crippen MR) is 63.8 cm³/mol. The van der Waals surface area contributed by atoms with E-state index in [1.54, 1.807) is 24.3 Å². The van der Waals surface area contributed by atoms with Gasteiger partial charge in [0.2, 0.25) is 0 Å². The average Bonchev–Trinajstić information content (AvgIpc) is 2.33. The standard InChI is InChI=1S/C13H9ClF3N/c14-8-3-1-2-7(4-8)13(18)9-5-11(16)12(17)6-10(9)15/h1-6,13H,18H2. The maximum atomic E-state index is 13.5. The molecule has 1 nitrogen and oxygen atoms in total. The normalized spacial score (nSPS) is 12.5. The van der Waals surface area contributed by atoms with Crippen molar-refractivity contribution in [3.8, 4) is 0 Å². The molecule has 18 heavy (non-hydrogen) atoms. The Balaban J connectivity index is 2.46. The first kappa shape index (κ1) is 12.9. The maximum Gasteiger partial charge on any atom is 0.161 e. The van der Waals surface area contributed by atoms with Gasteiger partial charge in [-0.1, -0.05) is 23.7 Å². The van der Waals surface area contributed by atoms with E-state index in [2.05, 4.69) is 0 Å². The Hall–Kier alpha value is -1.52. The third kappa shape index (κ3) is 2.49. The number of hydrogen-bond donors (Lipinski definition) is 1. The lowest BCUT2D eigenvalue weighted by Crippen LogP contribution is -2.14. The highest BCUT2D eigenvalue weighted by molar-refractivity contribution is 6.30. The maximum absolute atomic E-state index is 13.5. The van der Waals surface area contributed by atoms with Crippen LogP contribution in [0.4, 0.5) is 13.2 Å². The van der Waals surface area contributed by atoms with Crippen LogP contribution >= 0.6 is 11.6 Å². The lowest BCUT2D eigenvalue weighted by Gasteiger charge is -2.14. The van der Waals surface area contributed by atoms with Crippen molar-refractivity contribution < 1.29 is 13.2 Å². The molecule has 0 fully saturated rings. The van der Waals surface area contributed by atoms with Gasteiger partial charge in [0.05, 0.1) is 6.04 Å². The second-order valence-corrected chi connectivity index (χ2v) is 4.26. The second-order valence-electron chi connectivity index (χ2n) is 3.82. The first-order valence-electron chi connectivity index (χ1n) is 5.14. The topological polar surface area (TPSA) is 26.0 Å². The van der Waals surface area contributed by atoms with E-state index in [1.165, 1.54) is 0 Å². The van der Waals surface area contributed by atoms with Crippen molar-refractivity contribution in [3.05, 3.63) is 70.0 Å². The van der Waals surface area contributed by atoms with Crippen LogP contribution in [0.25, 0.3) is 0 Å². The van der Waals surface area contributed by atoms with Gasteiger partial charge in [0.1, 0.15) is 5.82 Å². The number of rotatable bonds is 2. The van der Waals surface area contributed by atoms with Crippen molar-refractivity contribution in [2.75, 3.05) is 0 Å². The summed E-state index contributed by atoms with van der Waals surface area (Å²) in [7, 11) is 0. The van der Waals surface area contributed by atoms with Gasteiger partial charge < -0.3 is 5.73 Å². The minimum atomic E-state index is -1.24. The summed E-state index contributed by atoms with van der Waals surface area (Å²) in [6, 6.07) is 6.81. The van der Waals surface area contributed by atoms with E-state index < -0.39 is 23.5 Å². The van der Waals surface area contributed by atoms with Gasteiger partial charge in [-0.2, -0.15) is 0 Å². The Morgan fingerprint density at radius 3 is 2.28 bits per heavy atom. The zero-order valence-corrected chi connectivity index (χ0v) is 9.89. The van der Waals surface area contributed by atoms with Gasteiger partial charge in [0, 0.05) is 16.7 Å². The van der Waals surface area contributed by atoms with Crippen molar-refractivity contribution in [3.63, 3.8) is 0 Å².